The molecule has 239 valence electrons. The summed E-state index contributed by atoms with van der Waals surface area (Å²) < 4.78 is 2.81. The Morgan fingerprint density at radius 2 is 1.32 bits per heavy atom. The maximum atomic E-state index is 4.25. The van der Waals surface area contributed by atoms with Crippen LogP contribution in [0.4, 0.5) is 0 Å². The molecule has 0 aromatic heterocycles. The molecule has 4 rings (SSSR count). The molecule has 1 aliphatic rings. The van der Waals surface area contributed by atoms with E-state index in [0.717, 1.165) is 40.2 Å². The van der Waals surface area contributed by atoms with E-state index in [1.807, 2.05) is 30.3 Å². The number of nitrogens with zero attached hydrogens (tertiary/aromatic N) is 1. The number of benzene rings is 3. The van der Waals surface area contributed by atoms with Crippen molar-refractivity contribution in [3.63, 3.8) is 0 Å². The SMILES string of the molecule is C=C(CCCCCCCC1C(CCCCCCCC)N1Pc1ccccc1)NCCc1ccc(C)cc1.[Nb].[c-]1ccccc1. The molecule has 1 aliphatic heterocycles. The molecule has 4 atom stereocenters. The van der Waals surface area contributed by atoms with Crippen LogP contribution in [0.25, 0.3) is 0 Å². The molecule has 0 bridgehead atoms. The number of hydrogen-bond donors (Lipinski definition) is 1. The molecule has 2 nitrogen and oxygen atoms in total. The van der Waals surface area contributed by atoms with Crippen molar-refractivity contribution in [2.24, 2.45) is 0 Å². The van der Waals surface area contributed by atoms with Gasteiger partial charge in [0.25, 0.3) is 0 Å². The monoisotopic (exact) mass is 690 g/mol. The van der Waals surface area contributed by atoms with Gasteiger partial charge in [0, 0.05) is 46.7 Å². The smallest absolute Gasteiger partial charge is 0.0298 e. The molecule has 1 saturated heterocycles. The number of hydrogen-bond acceptors (Lipinski definition) is 2. The summed E-state index contributed by atoms with van der Waals surface area (Å²) in [7, 11) is 0.860. The quantitative estimate of drug-likeness (QED) is 0.0394. The molecule has 1 N–H and O–H groups in total. The van der Waals surface area contributed by atoms with Crippen molar-refractivity contribution in [2.45, 2.75) is 122 Å². The molecular formula is C40H58N2NbP-. The average molecular weight is 691 g/mol. The van der Waals surface area contributed by atoms with Gasteiger partial charge in [-0.05, 0) is 58.6 Å². The van der Waals surface area contributed by atoms with Crippen LogP contribution in [0.5, 0.6) is 0 Å². The van der Waals surface area contributed by atoms with Crippen LogP contribution >= 0.6 is 8.73 Å². The zero-order valence-corrected chi connectivity index (χ0v) is 30.9. The Morgan fingerprint density at radius 3 is 1.89 bits per heavy atom. The number of nitrogens with one attached hydrogen (secondary N) is 1. The van der Waals surface area contributed by atoms with Crippen molar-refractivity contribution in [1.82, 2.24) is 9.99 Å². The second-order valence-electron chi connectivity index (χ2n) is 12.2. The van der Waals surface area contributed by atoms with E-state index in [0.29, 0.717) is 0 Å². The van der Waals surface area contributed by atoms with Gasteiger partial charge in [-0.3, -0.25) is 4.67 Å². The fraction of sp³-hybridized carbons (Fsp3) is 0.500. The van der Waals surface area contributed by atoms with Gasteiger partial charge < -0.3 is 5.32 Å². The third kappa shape index (κ3) is 17.1. The van der Waals surface area contributed by atoms with E-state index in [-0.39, 0.29) is 22.4 Å². The normalized spacial score (nSPS) is 17.0. The van der Waals surface area contributed by atoms with Gasteiger partial charge in [0.15, 0.2) is 0 Å². The van der Waals surface area contributed by atoms with Gasteiger partial charge in [0.2, 0.25) is 0 Å². The molecule has 1 fully saturated rings. The Balaban J connectivity index is 0.000000859. The van der Waals surface area contributed by atoms with Crippen LogP contribution in [-0.4, -0.2) is 23.3 Å². The van der Waals surface area contributed by atoms with Gasteiger partial charge >= 0.3 is 0 Å². The summed E-state index contributed by atoms with van der Waals surface area (Å²) in [6.07, 6.45) is 20.2. The zero-order chi connectivity index (χ0) is 30.4. The first kappa shape index (κ1) is 38.5. The first-order valence-electron chi connectivity index (χ1n) is 17.2. The van der Waals surface area contributed by atoms with Crippen molar-refractivity contribution >= 4 is 14.0 Å². The van der Waals surface area contributed by atoms with Crippen molar-refractivity contribution in [3.8, 4) is 0 Å². The van der Waals surface area contributed by atoms with Gasteiger partial charge in [-0.25, -0.2) is 0 Å². The number of rotatable bonds is 21. The summed E-state index contributed by atoms with van der Waals surface area (Å²) in [5.74, 6) is 0. The van der Waals surface area contributed by atoms with Crippen LogP contribution in [-0.2, 0) is 28.8 Å². The first-order valence-corrected chi connectivity index (χ1v) is 18.1. The van der Waals surface area contributed by atoms with Crippen LogP contribution in [0.3, 0.4) is 0 Å². The molecule has 1 heterocycles. The summed E-state index contributed by atoms with van der Waals surface area (Å²) in [6, 6.07) is 34.2. The second-order valence-corrected chi connectivity index (χ2v) is 13.5. The topological polar surface area (TPSA) is 15.0 Å². The molecule has 4 heteroatoms. The fourth-order valence-electron chi connectivity index (χ4n) is 5.75. The molecule has 0 aliphatic carbocycles. The zero-order valence-electron chi connectivity index (χ0n) is 27.7. The van der Waals surface area contributed by atoms with E-state index >= 15 is 0 Å². The molecule has 3 aromatic rings. The number of aryl methyl sites for hydroxylation is 1. The summed E-state index contributed by atoms with van der Waals surface area (Å²) in [5.41, 5.74) is 3.94. The summed E-state index contributed by atoms with van der Waals surface area (Å²) in [4.78, 5) is 0. The van der Waals surface area contributed by atoms with Crippen LogP contribution < -0.4 is 10.6 Å². The summed E-state index contributed by atoms with van der Waals surface area (Å²) in [5, 5.41) is 5.04. The molecule has 4 unspecified atom stereocenters. The Labute approximate surface area is 288 Å². The van der Waals surface area contributed by atoms with Gasteiger partial charge in [-0.15, -0.1) is 0 Å². The maximum Gasteiger partial charge on any atom is 0.0298 e. The van der Waals surface area contributed by atoms with Crippen molar-refractivity contribution in [1.29, 1.82) is 0 Å². The van der Waals surface area contributed by atoms with Gasteiger partial charge in [-0.1, -0.05) is 138 Å². The average Bonchev–Trinajstić information content (AvgIpc) is 3.70. The van der Waals surface area contributed by atoms with Crippen LogP contribution in [0.1, 0.15) is 108 Å². The fourth-order valence-corrected chi connectivity index (χ4v) is 7.26. The van der Waals surface area contributed by atoms with Crippen molar-refractivity contribution < 1.29 is 22.4 Å². The molecule has 0 spiro atoms. The minimum absolute atomic E-state index is 0. The number of allylic oxidation sites excluding steroid dienone is 1. The van der Waals surface area contributed by atoms with E-state index in [1.54, 1.807) is 0 Å². The van der Waals surface area contributed by atoms with Crippen LogP contribution in [0.2, 0.25) is 0 Å². The molecule has 44 heavy (non-hydrogen) atoms. The Kier molecular flexibility index (Phi) is 21.5. The van der Waals surface area contributed by atoms with Crippen LogP contribution in [0.15, 0.2) is 97.2 Å². The number of unbranched alkanes of at least 4 members (excludes halogenated alkanes) is 9. The molecule has 3 aromatic carbocycles. The van der Waals surface area contributed by atoms with E-state index < -0.39 is 0 Å². The third-order valence-corrected chi connectivity index (χ3v) is 9.96. The Morgan fingerprint density at radius 1 is 0.750 bits per heavy atom. The van der Waals surface area contributed by atoms with Gasteiger partial charge in [0.05, 0.1) is 0 Å². The molecule has 0 saturated carbocycles. The predicted octanol–water partition coefficient (Wildman–Crippen LogP) is 10.6. The van der Waals surface area contributed by atoms with Crippen LogP contribution in [0, 0.1) is 13.0 Å². The Hall–Kier alpha value is -1.67. The predicted molar refractivity (Wildman–Crippen MR) is 191 cm³/mol. The van der Waals surface area contributed by atoms with Gasteiger partial charge in [-0.2, -0.15) is 36.4 Å². The van der Waals surface area contributed by atoms with E-state index in [1.165, 1.54) is 106 Å². The van der Waals surface area contributed by atoms with E-state index in [4.69, 9.17) is 0 Å². The standard InChI is InChI=1S/C34H53N2P.C6H5.Nb/c1-4-5-6-7-10-16-21-33-34(36(33)37-32-19-14-12-15-20-32)22-17-11-8-9-13-18-30(3)35-28-27-31-25-23-29(2)24-26-31;1-2-4-6-5-3-1;/h12,14-15,19-20,23-26,33-35,37H,3-11,13,16-18,21-22,27-28H2,1-2H3;1-5H;/q;-1;. The summed E-state index contributed by atoms with van der Waals surface area (Å²) in [6.45, 7) is 9.68. The molecule has 1 radical (unpaired) electrons. The maximum absolute atomic E-state index is 4.25. The minimum Gasteiger partial charge on any atom is -0.388 e. The largest absolute Gasteiger partial charge is 0.388 e. The Bertz CT molecular complexity index is 1060. The summed E-state index contributed by atoms with van der Waals surface area (Å²) >= 11 is 0. The second kappa shape index (κ2) is 24.5. The first-order chi connectivity index (χ1) is 21.2. The van der Waals surface area contributed by atoms with Gasteiger partial charge in [0.1, 0.15) is 0 Å². The minimum atomic E-state index is 0. The molecular weight excluding hydrogens is 632 g/mol. The van der Waals surface area contributed by atoms with E-state index in [9.17, 15) is 0 Å². The third-order valence-electron chi connectivity index (χ3n) is 8.45. The van der Waals surface area contributed by atoms with Crippen molar-refractivity contribution in [2.75, 3.05) is 6.54 Å². The molecule has 0 amide bonds. The van der Waals surface area contributed by atoms with E-state index in [2.05, 4.69) is 91.1 Å². The van der Waals surface area contributed by atoms with Crippen molar-refractivity contribution in [3.05, 3.63) is 114 Å².